The Morgan fingerprint density at radius 2 is 0.655 bits per heavy atom. The van der Waals surface area contributed by atoms with Gasteiger partial charge >= 0.3 is 0 Å². The van der Waals surface area contributed by atoms with E-state index in [-0.39, 0.29) is 0 Å². The van der Waals surface area contributed by atoms with Crippen molar-refractivity contribution in [1.82, 2.24) is 0 Å². The van der Waals surface area contributed by atoms with Crippen molar-refractivity contribution in [1.29, 1.82) is 0 Å². The maximum Gasteiger partial charge on any atom is 0.135 e. The van der Waals surface area contributed by atoms with E-state index >= 15 is 0 Å². The molecule has 10 aromatic rings. The van der Waals surface area contributed by atoms with E-state index in [1.165, 1.54) is 55.9 Å². The molecule has 282 valence electrons. The molecule has 2 heterocycles. The zero-order valence-corrected chi connectivity index (χ0v) is 33.7. The van der Waals surface area contributed by atoms with Crippen LogP contribution in [0.4, 0.5) is 34.1 Å². The van der Waals surface area contributed by atoms with Crippen molar-refractivity contribution in [3.05, 3.63) is 191 Å². The zero-order valence-electron chi connectivity index (χ0n) is 33.7. The molecule has 2 aromatic heterocycles. The van der Waals surface area contributed by atoms with Crippen LogP contribution in [0.2, 0.25) is 0 Å². The van der Waals surface area contributed by atoms with Gasteiger partial charge in [0.25, 0.3) is 0 Å². The van der Waals surface area contributed by atoms with Crippen molar-refractivity contribution in [2.75, 3.05) is 9.80 Å². The largest absolute Gasteiger partial charge is 0.456 e. The molecular weight excluding hydrogens is 709 g/mol. The molecule has 0 N–H and O–H groups in total. The molecule has 4 nitrogen and oxygen atoms in total. The Balaban J connectivity index is 1.09. The van der Waals surface area contributed by atoms with Crippen LogP contribution in [0.25, 0.3) is 55.0 Å². The molecule has 58 heavy (non-hydrogen) atoms. The number of nitrogens with zero attached hydrogens (tertiary/aromatic N) is 2. The number of para-hydroxylation sites is 4. The van der Waals surface area contributed by atoms with Crippen LogP contribution in [0.15, 0.2) is 167 Å². The molecule has 0 saturated heterocycles. The number of aryl methyl sites for hydroxylation is 6. The van der Waals surface area contributed by atoms with Crippen molar-refractivity contribution in [2.24, 2.45) is 0 Å². The molecule has 4 heteroatoms. The lowest BCUT2D eigenvalue weighted by atomic mass is 9.93. The van der Waals surface area contributed by atoms with Crippen LogP contribution >= 0.6 is 0 Å². The van der Waals surface area contributed by atoms with Crippen molar-refractivity contribution in [2.45, 2.75) is 41.5 Å². The average molecular weight is 753 g/mol. The summed E-state index contributed by atoms with van der Waals surface area (Å²) in [5.41, 5.74) is 20.1. The summed E-state index contributed by atoms with van der Waals surface area (Å²) in [5, 5.41) is 4.47. The van der Waals surface area contributed by atoms with Crippen LogP contribution < -0.4 is 9.80 Å². The first kappa shape index (κ1) is 35.4. The second-order valence-electron chi connectivity index (χ2n) is 15.7. The van der Waals surface area contributed by atoms with Gasteiger partial charge in [0.2, 0.25) is 0 Å². The van der Waals surface area contributed by atoms with Crippen LogP contribution in [0.1, 0.15) is 33.4 Å². The maximum absolute atomic E-state index is 6.24. The van der Waals surface area contributed by atoms with E-state index in [0.29, 0.717) is 0 Å². The Labute approximate surface area is 339 Å². The Kier molecular flexibility index (Phi) is 8.45. The first-order valence-corrected chi connectivity index (χ1v) is 20.0. The first-order chi connectivity index (χ1) is 28.2. The molecule has 0 atom stereocenters. The van der Waals surface area contributed by atoms with Crippen LogP contribution in [-0.4, -0.2) is 0 Å². The molecular formula is C54H44N2O2. The minimum absolute atomic E-state index is 0.893. The summed E-state index contributed by atoms with van der Waals surface area (Å²) >= 11 is 0. The van der Waals surface area contributed by atoms with Gasteiger partial charge < -0.3 is 18.6 Å². The molecule has 0 spiro atoms. The molecule has 8 aromatic carbocycles. The summed E-state index contributed by atoms with van der Waals surface area (Å²) in [6.45, 7) is 13.4. The molecule has 0 aliphatic carbocycles. The lowest BCUT2D eigenvalue weighted by Crippen LogP contribution is -2.14. The van der Waals surface area contributed by atoms with Crippen molar-refractivity contribution < 1.29 is 8.83 Å². The molecule has 0 aliphatic rings. The van der Waals surface area contributed by atoms with E-state index in [4.69, 9.17) is 8.83 Å². The van der Waals surface area contributed by atoms with Gasteiger partial charge in [-0.05, 0) is 171 Å². The van der Waals surface area contributed by atoms with Gasteiger partial charge in [-0.25, -0.2) is 0 Å². The summed E-state index contributed by atoms with van der Waals surface area (Å²) in [7, 11) is 0. The van der Waals surface area contributed by atoms with Gasteiger partial charge in [0.05, 0.1) is 11.4 Å². The Morgan fingerprint density at radius 3 is 1.05 bits per heavy atom. The van der Waals surface area contributed by atoms with Gasteiger partial charge in [0.15, 0.2) is 0 Å². The van der Waals surface area contributed by atoms with E-state index in [9.17, 15) is 0 Å². The van der Waals surface area contributed by atoms with Crippen LogP contribution in [0.5, 0.6) is 0 Å². The Hall–Kier alpha value is -7.04. The SMILES string of the molecule is Cc1ccccc1N(c1ccc2oc3ccccc3c2c1)c1c(C)cc(-c2cc(C)c(N(c3ccc4oc5ccccc5c4c3)c3ccccc3C)c(C)c2)cc1C. The van der Waals surface area contributed by atoms with Crippen LogP contribution in [-0.2, 0) is 0 Å². The van der Waals surface area contributed by atoms with Gasteiger partial charge in [0.1, 0.15) is 22.3 Å². The fraction of sp³-hybridized carbons (Fsp3) is 0.111. The standard InChI is InChI=1S/C54H44N2O2/c1-33-15-7-11-19-47(33)55(41-23-25-51-45(31-41)43-17-9-13-21-49(43)57-51)53-35(3)27-39(28-36(53)4)40-29-37(5)54(38(6)30-40)56(48-20-12-8-16-34(48)2)42-24-26-52-46(32-42)44-18-10-14-22-50(44)58-52/h7-32H,1-6H3. The second-order valence-corrected chi connectivity index (χ2v) is 15.7. The smallest absolute Gasteiger partial charge is 0.135 e. The van der Waals surface area contributed by atoms with E-state index < -0.39 is 0 Å². The topological polar surface area (TPSA) is 32.8 Å². The summed E-state index contributed by atoms with van der Waals surface area (Å²) in [4.78, 5) is 4.84. The predicted molar refractivity (Wildman–Crippen MR) is 244 cm³/mol. The molecule has 0 radical (unpaired) electrons. The van der Waals surface area contributed by atoms with Crippen molar-refractivity contribution in [3.63, 3.8) is 0 Å². The van der Waals surface area contributed by atoms with Crippen LogP contribution in [0.3, 0.4) is 0 Å². The lowest BCUT2D eigenvalue weighted by Gasteiger charge is -2.31. The number of furan rings is 2. The van der Waals surface area contributed by atoms with Crippen molar-refractivity contribution in [3.8, 4) is 11.1 Å². The van der Waals surface area contributed by atoms with Gasteiger partial charge in [0, 0.05) is 44.3 Å². The highest BCUT2D eigenvalue weighted by molar-refractivity contribution is 6.08. The molecule has 10 rings (SSSR count). The highest BCUT2D eigenvalue weighted by Gasteiger charge is 2.24. The quantitative estimate of drug-likeness (QED) is 0.162. The Morgan fingerprint density at radius 1 is 0.310 bits per heavy atom. The zero-order chi connectivity index (χ0) is 39.7. The van der Waals surface area contributed by atoms with E-state index in [0.717, 1.165) is 66.6 Å². The van der Waals surface area contributed by atoms with E-state index in [1.54, 1.807) is 0 Å². The number of hydrogen-bond acceptors (Lipinski definition) is 4. The molecule has 0 unspecified atom stereocenters. The second kappa shape index (κ2) is 13.9. The highest BCUT2D eigenvalue weighted by Crippen LogP contribution is 2.46. The summed E-state index contributed by atoms with van der Waals surface area (Å²) in [6, 6.07) is 56.4. The molecule has 0 fully saturated rings. The van der Waals surface area contributed by atoms with E-state index in [1.807, 2.05) is 24.3 Å². The third-order valence-corrected chi connectivity index (χ3v) is 11.7. The van der Waals surface area contributed by atoms with Gasteiger partial charge in [-0.15, -0.1) is 0 Å². The lowest BCUT2D eigenvalue weighted by molar-refractivity contribution is 0.668. The third-order valence-electron chi connectivity index (χ3n) is 11.7. The van der Waals surface area contributed by atoms with Crippen molar-refractivity contribution >= 4 is 78.0 Å². The Bertz CT molecular complexity index is 2960. The number of benzene rings is 8. The van der Waals surface area contributed by atoms with Gasteiger partial charge in [-0.2, -0.15) is 0 Å². The molecule has 0 saturated carbocycles. The normalized spacial score (nSPS) is 11.6. The number of rotatable bonds is 7. The molecule has 0 amide bonds. The number of anilines is 6. The summed E-state index contributed by atoms with van der Waals surface area (Å²) < 4.78 is 12.5. The first-order valence-electron chi connectivity index (χ1n) is 20.0. The summed E-state index contributed by atoms with van der Waals surface area (Å²) in [6.07, 6.45) is 0. The predicted octanol–water partition coefficient (Wildman–Crippen LogP) is 15.9. The minimum atomic E-state index is 0.893. The average Bonchev–Trinajstić information content (AvgIpc) is 3.79. The van der Waals surface area contributed by atoms with Crippen LogP contribution in [0, 0.1) is 41.5 Å². The minimum Gasteiger partial charge on any atom is -0.456 e. The third kappa shape index (κ3) is 5.83. The number of hydrogen-bond donors (Lipinski definition) is 0. The van der Waals surface area contributed by atoms with Gasteiger partial charge in [-0.1, -0.05) is 72.8 Å². The highest BCUT2D eigenvalue weighted by atomic mass is 16.3. The van der Waals surface area contributed by atoms with E-state index in [2.05, 4.69) is 185 Å². The fourth-order valence-electron chi connectivity index (χ4n) is 9.06. The fourth-order valence-corrected chi connectivity index (χ4v) is 9.06. The van der Waals surface area contributed by atoms with Gasteiger partial charge in [-0.3, -0.25) is 0 Å². The monoisotopic (exact) mass is 752 g/mol. The molecule has 0 bridgehead atoms. The molecule has 0 aliphatic heterocycles. The summed E-state index contributed by atoms with van der Waals surface area (Å²) in [5.74, 6) is 0. The number of fused-ring (bicyclic) bond motifs is 6. The maximum atomic E-state index is 6.24.